The summed E-state index contributed by atoms with van der Waals surface area (Å²) in [6.45, 7) is 10.8. The molecule has 0 spiro atoms. The molecule has 0 aromatic heterocycles. The first-order chi connectivity index (χ1) is 4.83. The Morgan fingerprint density at radius 3 is 1.09 bits per heavy atom. The van der Waals surface area contributed by atoms with Gasteiger partial charge in [0, 0.05) is 0 Å². The maximum atomic E-state index is 3.46. The molecule has 0 amide bonds. The van der Waals surface area contributed by atoms with Crippen LogP contribution in [0.2, 0.25) is 0 Å². The van der Waals surface area contributed by atoms with Crippen molar-refractivity contribution in [1.29, 1.82) is 0 Å². The topological polar surface area (TPSA) is 31.5 Å². The van der Waals surface area contributed by atoms with Crippen molar-refractivity contribution >= 4 is 0 Å². The van der Waals surface area contributed by atoms with Crippen LogP contribution in [0.25, 0.3) is 0 Å². The highest BCUT2D eigenvalue weighted by atomic mass is 16.0. The summed E-state index contributed by atoms with van der Waals surface area (Å²) in [6, 6.07) is 0. The molecule has 1 heteroatoms. The summed E-state index contributed by atoms with van der Waals surface area (Å²) < 4.78 is 0. The lowest BCUT2D eigenvalue weighted by atomic mass is 10.5. The smallest absolute Gasteiger partial charge is 0.0467 e. The Morgan fingerprint density at radius 1 is 0.818 bits per heavy atom. The minimum atomic E-state index is 0. The molecule has 0 aliphatic rings. The molecule has 0 rings (SSSR count). The Hall–Kier alpha value is -1.08. The predicted molar refractivity (Wildman–Crippen MR) is 53.6 cm³/mol. The second-order valence-corrected chi connectivity index (χ2v) is 1.52. The average molecular weight is 154 g/mol. The van der Waals surface area contributed by atoms with Crippen molar-refractivity contribution in [3.05, 3.63) is 49.6 Å². The highest BCUT2D eigenvalue weighted by molar-refractivity contribution is 4.94. The Morgan fingerprint density at radius 2 is 1.09 bits per heavy atom. The quantitative estimate of drug-likeness (QED) is 0.548. The second-order valence-electron chi connectivity index (χ2n) is 1.52. The summed E-state index contributed by atoms with van der Waals surface area (Å²) in [4.78, 5) is 0. The Kier molecular flexibility index (Phi) is 34.6. The van der Waals surface area contributed by atoms with Crippen molar-refractivity contribution in [3.63, 3.8) is 0 Å². The summed E-state index contributed by atoms with van der Waals surface area (Å²) >= 11 is 0. The fourth-order valence-corrected chi connectivity index (χ4v) is 0.272. The van der Waals surface area contributed by atoms with E-state index in [-0.39, 0.29) is 5.48 Å². The maximum Gasteiger partial charge on any atom is -0.0467 e. The zero-order valence-corrected chi connectivity index (χ0v) is 7.38. The lowest BCUT2D eigenvalue weighted by molar-refractivity contribution is 0.824. The normalized spacial score (nSPS) is 8.18. The number of rotatable bonds is 2. The maximum absolute atomic E-state index is 3.46. The molecular weight excluding hydrogens is 136 g/mol. The molecule has 11 heavy (non-hydrogen) atoms. The van der Waals surface area contributed by atoms with Gasteiger partial charge in [-0.15, -0.1) is 0 Å². The fraction of sp³-hybridized carbons (Fsp3) is 0.200. The fourth-order valence-electron chi connectivity index (χ4n) is 0.272. The van der Waals surface area contributed by atoms with Crippen LogP contribution in [0.3, 0.4) is 0 Å². The van der Waals surface area contributed by atoms with Gasteiger partial charge in [-0.05, 0) is 13.8 Å². The SMILES string of the molecule is C=C/C=C/C.C=C/C=C/C.O. The van der Waals surface area contributed by atoms with Crippen LogP contribution in [0, 0.1) is 0 Å². The highest BCUT2D eigenvalue weighted by Crippen LogP contribution is 1.65. The molecule has 0 fully saturated rings. The summed E-state index contributed by atoms with van der Waals surface area (Å²) in [5.74, 6) is 0. The molecule has 1 nitrogen and oxygen atoms in total. The van der Waals surface area contributed by atoms with Crippen molar-refractivity contribution < 1.29 is 5.48 Å². The number of hydrogen-bond acceptors (Lipinski definition) is 0. The van der Waals surface area contributed by atoms with Gasteiger partial charge in [-0.2, -0.15) is 0 Å². The monoisotopic (exact) mass is 154 g/mol. The average Bonchev–Trinajstić information content (AvgIpc) is 1.93. The van der Waals surface area contributed by atoms with Crippen LogP contribution in [-0.2, 0) is 0 Å². The van der Waals surface area contributed by atoms with E-state index in [1.807, 2.05) is 38.2 Å². The molecule has 0 heterocycles. The van der Waals surface area contributed by atoms with Crippen LogP contribution < -0.4 is 0 Å². The number of hydrogen-bond donors (Lipinski definition) is 0. The van der Waals surface area contributed by atoms with Crippen LogP contribution in [0.1, 0.15) is 13.8 Å². The minimum Gasteiger partial charge on any atom is -0.412 e. The molecule has 0 aliphatic heterocycles. The molecule has 0 aliphatic carbocycles. The van der Waals surface area contributed by atoms with E-state index >= 15 is 0 Å². The largest absolute Gasteiger partial charge is 0.412 e. The zero-order valence-electron chi connectivity index (χ0n) is 7.38. The molecule has 0 atom stereocenters. The van der Waals surface area contributed by atoms with E-state index in [1.165, 1.54) is 0 Å². The molecule has 0 saturated heterocycles. The van der Waals surface area contributed by atoms with Crippen molar-refractivity contribution in [2.24, 2.45) is 0 Å². The van der Waals surface area contributed by atoms with E-state index < -0.39 is 0 Å². The Bertz CT molecular complexity index is 105. The van der Waals surface area contributed by atoms with E-state index in [1.54, 1.807) is 12.2 Å². The second kappa shape index (κ2) is 23.1. The first-order valence-electron chi connectivity index (χ1n) is 3.30. The summed E-state index contributed by atoms with van der Waals surface area (Å²) in [6.07, 6.45) is 11.2. The van der Waals surface area contributed by atoms with E-state index in [0.29, 0.717) is 0 Å². The molecule has 0 bridgehead atoms. The molecular formula is C10H18O. The van der Waals surface area contributed by atoms with E-state index in [0.717, 1.165) is 0 Å². The minimum absolute atomic E-state index is 0. The van der Waals surface area contributed by atoms with Crippen molar-refractivity contribution in [2.75, 3.05) is 0 Å². The third-order valence-electron chi connectivity index (χ3n) is 0.657. The lowest BCUT2D eigenvalue weighted by Gasteiger charge is -1.56. The van der Waals surface area contributed by atoms with Crippen molar-refractivity contribution in [2.45, 2.75) is 13.8 Å². The van der Waals surface area contributed by atoms with Gasteiger partial charge in [0.1, 0.15) is 0 Å². The molecule has 0 saturated carbocycles. The Balaban J connectivity index is -0.000000107. The molecule has 0 aromatic rings. The van der Waals surface area contributed by atoms with Crippen LogP contribution in [0.5, 0.6) is 0 Å². The van der Waals surface area contributed by atoms with Crippen molar-refractivity contribution in [3.8, 4) is 0 Å². The van der Waals surface area contributed by atoms with Gasteiger partial charge in [-0.1, -0.05) is 49.6 Å². The standard InChI is InChI=1S/2C5H8.H2O/c2*1-3-5-4-2;/h2*3-5H,1H2,2H3;1H2/b2*5-4+;. The van der Waals surface area contributed by atoms with Gasteiger partial charge in [0.15, 0.2) is 0 Å². The van der Waals surface area contributed by atoms with Gasteiger partial charge in [0.25, 0.3) is 0 Å². The van der Waals surface area contributed by atoms with E-state index in [4.69, 9.17) is 0 Å². The van der Waals surface area contributed by atoms with Crippen LogP contribution in [-0.4, -0.2) is 5.48 Å². The molecule has 2 N–H and O–H groups in total. The van der Waals surface area contributed by atoms with Gasteiger partial charge in [-0.3, -0.25) is 0 Å². The predicted octanol–water partition coefficient (Wildman–Crippen LogP) is 2.67. The third kappa shape index (κ3) is 50.1. The Labute approximate surface area is 69.8 Å². The van der Waals surface area contributed by atoms with Gasteiger partial charge in [0.05, 0.1) is 0 Å². The summed E-state index contributed by atoms with van der Waals surface area (Å²) in [5.41, 5.74) is 0. The molecule has 64 valence electrons. The zero-order chi connectivity index (χ0) is 8.24. The number of allylic oxidation sites excluding steroid dienone is 6. The third-order valence-corrected chi connectivity index (χ3v) is 0.657. The summed E-state index contributed by atoms with van der Waals surface area (Å²) in [7, 11) is 0. The van der Waals surface area contributed by atoms with Gasteiger partial charge in [-0.25, -0.2) is 0 Å². The van der Waals surface area contributed by atoms with Gasteiger partial charge < -0.3 is 5.48 Å². The van der Waals surface area contributed by atoms with E-state index in [9.17, 15) is 0 Å². The van der Waals surface area contributed by atoms with Crippen LogP contribution in [0.15, 0.2) is 49.6 Å². The van der Waals surface area contributed by atoms with Gasteiger partial charge >= 0.3 is 0 Å². The van der Waals surface area contributed by atoms with Crippen LogP contribution >= 0.6 is 0 Å². The van der Waals surface area contributed by atoms with Gasteiger partial charge in [0.2, 0.25) is 0 Å². The summed E-state index contributed by atoms with van der Waals surface area (Å²) in [5, 5.41) is 0. The van der Waals surface area contributed by atoms with E-state index in [2.05, 4.69) is 13.2 Å². The lowest BCUT2D eigenvalue weighted by Crippen LogP contribution is -1.33. The molecule has 0 radical (unpaired) electrons. The van der Waals surface area contributed by atoms with Crippen LogP contribution in [0.4, 0.5) is 0 Å². The first-order valence-corrected chi connectivity index (χ1v) is 3.30. The molecule has 0 aromatic carbocycles. The highest BCUT2D eigenvalue weighted by Gasteiger charge is 1.42. The van der Waals surface area contributed by atoms with Crippen molar-refractivity contribution in [1.82, 2.24) is 0 Å². The first kappa shape index (κ1) is 16.5. The molecule has 0 unspecified atom stereocenters.